The molecule has 0 bridgehead atoms. The van der Waals surface area contributed by atoms with Crippen LogP contribution in [0.1, 0.15) is 6.92 Å². The third-order valence-corrected chi connectivity index (χ3v) is 3.72. The van der Waals surface area contributed by atoms with Crippen LogP contribution in [0, 0.1) is 0 Å². The van der Waals surface area contributed by atoms with Crippen LogP contribution in [0.2, 0.25) is 0 Å². The van der Waals surface area contributed by atoms with Crippen LogP contribution < -0.4 is 0 Å². The van der Waals surface area contributed by atoms with Crippen LogP contribution in [0.25, 0.3) is 0 Å². The van der Waals surface area contributed by atoms with Crippen molar-refractivity contribution >= 4 is 38.4 Å². The molecule has 0 aromatic heterocycles. The van der Waals surface area contributed by atoms with Crippen LogP contribution in [0.4, 0.5) is 4.79 Å². The molecule has 0 aromatic rings. The standard InChI is InChI=1S/C10H13BrN4O3/c1-5(16)4-15-6-7(12-9(15)11)13(2)10(18)14(3)8(6)17/h6-7H,4H2,1-3H3/t6-,7+/m1/s1. The molecule has 0 unspecified atom stereocenters. The third-order valence-electron chi connectivity index (χ3n) is 3.06. The largest absolute Gasteiger partial charge is 0.328 e. The lowest BCUT2D eigenvalue weighted by atomic mass is 10.1. The average Bonchev–Trinajstić information content (AvgIpc) is 2.61. The van der Waals surface area contributed by atoms with Gasteiger partial charge in [0.05, 0.1) is 6.54 Å². The van der Waals surface area contributed by atoms with E-state index in [9.17, 15) is 14.4 Å². The number of likely N-dealkylation sites (N-methyl/N-ethyl adjacent to an activating group) is 2. The number of hydrogen-bond donors (Lipinski definition) is 0. The summed E-state index contributed by atoms with van der Waals surface area (Å²) in [6.07, 6.45) is -0.574. The fraction of sp³-hybridized carbons (Fsp3) is 0.600. The van der Waals surface area contributed by atoms with Gasteiger partial charge in [0, 0.05) is 14.1 Å². The molecule has 2 aliphatic rings. The Hall–Kier alpha value is -1.44. The molecule has 0 aromatic carbocycles. The molecular formula is C10H13BrN4O3. The number of amidine groups is 1. The van der Waals surface area contributed by atoms with Gasteiger partial charge in [0.2, 0.25) is 0 Å². The van der Waals surface area contributed by atoms with E-state index in [1.165, 1.54) is 18.9 Å². The molecular weight excluding hydrogens is 304 g/mol. The number of carbonyl (C=O) groups is 3. The average molecular weight is 317 g/mol. The van der Waals surface area contributed by atoms with Gasteiger partial charge in [0.15, 0.2) is 17.0 Å². The van der Waals surface area contributed by atoms with E-state index in [4.69, 9.17) is 0 Å². The summed E-state index contributed by atoms with van der Waals surface area (Å²) in [7, 11) is 3.01. The van der Waals surface area contributed by atoms with Crippen molar-refractivity contribution in [2.45, 2.75) is 19.1 Å². The molecule has 18 heavy (non-hydrogen) atoms. The van der Waals surface area contributed by atoms with Crippen LogP contribution in [0.15, 0.2) is 4.99 Å². The second kappa shape index (κ2) is 4.34. The van der Waals surface area contributed by atoms with Gasteiger partial charge >= 0.3 is 6.03 Å². The number of hydrogen-bond acceptors (Lipinski definition) is 5. The second-order valence-electron chi connectivity index (χ2n) is 4.38. The Kier molecular flexibility index (Phi) is 3.14. The van der Waals surface area contributed by atoms with Crippen LogP contribution in [-0.2, 0) is 9.59 Å². The maximum absolute atomic E-state index is 12.1. The lowest BCUT2D eigenvalue weighted by Crippen LogP contribution is -2.64. The van der Waals surface area contributed by atoms with E-state index in [0.29, 0.717) is 4.74 Å². The zero-order valence-electron chi connectivity index (χ0n) is 10.3. The normalized spacial score (nSPS) is 27.6. The lowest BCUT2D eigenvalue weighted by Gasteiger charge is -2.39. The highest BCUT2D eigenvalue weighted by Gasteiger charge is 2.50. The molecule has 1 fully saturated rings. The molecule has 2 rings (SSSR count). The van der Waals surface area contributed by atoms with Crippen molar-refractivity contribution in [2.24, 2.45) is 4.99 Å². The van der Waals surface area contributed by atoms with Crippen molar-refractivity contribution < 1.29 is 14.4 Å². The summed E-state index contributed by atoms with van der Waals surface area (Å²) >= 11 is 3.23. The molecule has 0 aliphatic carbocycles. The Morgan fingerprint density at radius 1 is 1.39 bits per heavy atom. The molecule has 0 radical (unpaired) electrons. The third kappa shape index (κ3) is 1.80. The summed E-state index contributed by atoms with van der Waals surface area (Å²) in [5.41, 5.74) is 0. The Morgan fingerprint density at radius 3 is 2.56 bits per heavy atom. The predicted octanol–water partition coefficient (Wildman–Crippen LogP) is -0.140. The number of ketones is 1. The van der Waals surface area contributed by atoms with Crippen molar-refractivity contribution in [1.29, 1.82) is 0 Å². The molecule has 98 valence electrons. The van der Waals surface area contributed by atoms with E-state index in [1.807, 2.05) is 0 Å². The number of fused-ring (bicyclic) bond motifs is 1. The topological polar surface area (TPSA) is 73.3 Å². The Labute approximate surface area is 113 Å². The summed E-state index contributed by atoms with van der Waals surface area (Å²) < 4.78 is 0.427. The molecule has 7 nitrogen and oxygen atoms in total. The number of nitrogens with zero attached hydrogens (tertiary/aromatic N) is 4. The Bertz CT molecular complexity index is 464. The molecule has 0 saturated carbocycles. The van der Waals surface area contributed by atoms with Crippen molar-refractivity contribution in [1.82, 2.24) is 14.7 Å². The number of amides is 3. The minimum Gasteiger partial charge on any atom is -0.328 e. The number of Topliss-reactive ketones (excluding diaryl/α,β-unsaturated/α-hetero) is 1. The van der Waals surface area contributed by atoms with Gasteiger partial charge in [-0.05, 0) is 22.9 Å². The van der Waals surface area contributed by atoms with Gasteiger partial charge in [-0.3, -0.25) is 14.5 Å². The molecule has 2 aliphatic heterocycles. The van der Waals surface area contributed by atoms with Gasteiger partial charge in [-0.25, -0.2) is 9.79 Å². The minimum absolute atomic E-state index is 0.0715. The number of aliphatic imine (C=N–C) groups is 1. The summed E-state index contributed by atoms with van der Waals surface area (Å²) in [6.45, 7) is 1.53. The first-order chi connectivity index (χ1) is 8.34. The van der Waals surface area contributed by atoms with Gasteiger partial charge in [-0.2, -0.15) is 0 Å². The molecule has 2 atom stereocenters. The van der Waals surface area contributed by atoms with Gasteiger partial charge in [-0.15, -0.1) is 0 Å². The SMILES string of the molecule is CC(=O)CN1C(Br)=N[C@@H]2[C@@H]1C(=O)N(C)C(=O)N2C. The van der Waals surface area contributed by atoms with Crippen molar-refractivity contribution in [2.75, 3.05) is 20.6 Å². The Balaban J connectivity index is 2.35. The van der Waals surface area contributed by atoms with E-state index in [1.54, 1.807) is 11.9 Å². The van der Waals surface area contributed by atoms with E-state index >= 15 is 0 Å². The van der Waals surface area contributed by atoms with Gasteiger partial charge in [0.1, 0.15) is 5.78 Å². The second-order valence-corrected chi connectivity index (χ2v) is 5.09. The van der Waals surface area contributed by atoms with Crippen molar-refractivity contribution in [3.63, 3.8) is 0 Å². The smallest absolute Gasteiger partial charge is 0.328 e. The number of urea groups is 1. The number of rotatable bonds is 2. The lowest BCUT2D eigenvalue weighted by molar-refractivity contribution is -0.136. The van der Waals surface area contributed by atoms with Crippen LogP contribution in [-0.4, -0.2) is 70.0 Å². The first-order valence-electron chi connectivity index (χ1n) is 5.38. The van der Waals surface area contributed by atoms with E-state index in [0.717, 1.165) is 4.90 Å². The number of halogens is 1. The highest BCUT2D eigenvalue weighted by molar-refractivity contribution is 9.18. The minimum atomic E-state index is -0.629. The zero-order valence-corrected chi connectivity index (χ0v) is 11.8. The molecule has 0 N–H and O–H groups in total. The first-order valence-corrected chi connectivity index (χ1v) is 6.17. The molecule has 0 spiro atoms. The van der Waals surface area contributed by atoms with Crippen LogP contribution in [0.5, 0.6) is 0 Å². The maximum atomic E-state index is 12.1. The van der Waals surface area contributed by atoms with Gasteiger partial charge in [-0.1, -0.05) is 0 Å². The molecule has 2 heterocycles. The maximum Gasteiger partial charge on any atom is 0.328 e. The quantitative estimate of drug-likeness (QED) is 0.665. The fourth-order valence-corrected chi connectivity index (χ4v) is 2.69. The van der Waals surface area contributed by atoms with Crippen LogP contribution in [0.3, 0.4) is 0 Å². The van der Waals surface area contributed by atoms with Gasteiger partial charge in [0.25, 0.3) is 5.91 Å². The van der Waals surface area contributed by atoms with E-state index in [-0.39, 0.29) is 18.2 Å². The summed E-state index contributed by atoms with van der Waals surface area (Å²) in [5.74, 6) is -0.416. The number of carbonyl (C=O) groups excluding carboxylic acids is 3. The van der Waals surface area contributed by atoms with Gasteiger partial charge < -0.3 is 9.80 Å². The molecule has 1 saturated heterocycles. The zero-order chi connectivity index (χ0) is 13.6. The monoisotopic (exact) mass is 316 g/mol. The Morgan fingerprint density at radius 2 is 2.00 bits per heavy atom. The molecule has 3 amide bonds. The molecule has 8 heteroatoms. The van der Waals surface area contributed by atoms with Crippen LogP contribution >= 0.6 is 15.9 Å². The van der Waals surface area contributed by atoms with E-state index < -0.39 is 18.2 Å². The highest BCUT2D eigenvalue weighted by atomic mass is 79.9. The highest BCUT2D eigenvalue weighted by Crippen LogP contribution is 2.28. The summed E-state index contributed by atoms with van der Waals surface area (Å²) in [5, 5.41) is 0. The van der Waals surface area contributed by atoms with Crippen molar-refractivity contribution in [3.8, 4) is 0 Å². The summed E-state index contributed by atoms with van der Waals surface area (Å²) in [4.78, 5) is 43.4. The predicted molar refractivity (Wildman–Crippen MR) is 67.3 cm³/mol. The fourth-order valence-electron chi connectivity index (χ4n) is 2.13. The number of imide groups is 1. The first kappa shape index (κ1) is 13.0. The van der Waals surface area contributed by atoms with E-state index in [2.05, 4.69) is 20.9 Å². The van der Waals surface area contributed by atoms with Crippen molar-refractivity contribution in [3.05, 3.63) is 0 Å². The summed E-state index contributed by atoms with van der Waals surface area (Å²) in [6, 6.07) is -1.02.